The van der Waals surface area contributed by atoms with Crippen LogP contribution in [0.25, 0.3) is 0 Å². The van der Waals surface area contributed by atoms with Gasteiger partial charge in [0.15, 0.2) is 0 Å². The van der Waals surface area contributed by atoms with Crippen LogP contribution in [0.2, 0.25) is 0 Å². The predicted molar refractivity (Wildman–Crippen MR) is 65.2 cm³/mol. The van der Waals surface area contributed by atoms with Crippen LogP contribution in [-0.2, 0) is 4.79 Å². The number of rotatable bonds is 6. The van der Waals surface area contributed by atoms with Crippen molar-refractivity contribution in [3.63, 3.8) is 0 Å². The molecule has 0 radical (unpaired) electrons. The van der Waals surface area contributed by atoms with E-state index in [4.69, 9.17) is 5.73 Å². The molecular weight excluding hydrogens is 210 g/mol. The van der Waals surface area contributed by atoms with Gasteiger partial charge in [-0.1, -0.05) is 0 Å². The van der Waals surface area contributed by atoms with Crippen LogP contribution in [0.3, 0.4) is 0 Å². The van der Waals surface area contributed by atoms with Crippen LogP contribution in [-0.4, -0.2) is 25.8 Å². The summed E-state index contributed by atoms with van der Waals surface area (Å²) in [5.74, 6) is 0. The normalized spacial score (nSPS) is 9.67. The van der Waals surface area contributed by atoms with Gasteiger partial charge in [-0.15, -0.1) is 11.8 Å². The first-order chi connectivity index (χ1) is 7.27. The topological polar surface area (TPSA) is 67.2 Å². The molecule has 0 atom stereocenters. The summed E-state index contributed by atoms with van der Waals surface area (Å²) in [6.45, 7) is 1.26. The summed E-state index contributed by atoms with van der Waals surface area (Å²) < 4.78 is 0. The predicted octanol–water partition coefficient (Wildman–Crippen LogP) is 1.15. The molecule has 4 N–H and O–H groups in total. The number of nitrogens with one attached hydrogen (secondary N) is 2. The monoisotopic (exact) mass is 225 g/mol. The summed E-state index contributed by atoms with van der Waals surface area (Å²) in [6.07, 6.45) is 2.70. The van der Waals surface area contributed by atoms with E-state index in [1.165, 1.54) is 0 Å². The molecule has 0 aliphatic carbocycles. The zero-order valence-electron chi connectivity index (χ0n) is 8.62. The van der Waals surface area contributed by atoms with E-state index in [1.54, 1.807) is 11.8 Å². The molecule has 5 heteroatoms. The second-order valence-electron chi connectivity index (χ2n) is 2.95. The Hall–Kier alpha value is -1.36. The molecule has 0 spiro atoms. The molecule has 0 aliphatic heterocycles. The first-order valence-corrected chi connectivity index (χ1v) is 5.85. The Labute approximate surface area is 93.6 Å². The number of anilines is 2. The minimum absolute atomic E-state index is 0.590. The lowest BCUT2D eigenvalue weighted by Gasteiger charge is -2.10. The molecule has 1 amide bonds. The summed E-state index contributed by atoms with van der Waals surface area (Å²) in [7, 11) is 0. The van der Waals surface area contributed by atoms with Crippen LogP contribution in [0.5, 0.6) is 0 Å². The van der Waals surface area contributed by atoms with E-state index < -0.39 is 0 Å². The molecule has 0 heterocycles. The molecule has 0 saturated heterocycles. The number of carbonyl (C=O) groups is 1. The van der Waals surface area contributed by atoms with Gasteiger partial charge in [-0.3, -0.25) is 4.79 Å². The molecule has 0 saturated carbocycles. The third-order valence-electron chi connectivity index (χ3n) is 1.93. The largest absolute Gasteiger partial charge is 0.397 e. The zero-order valence-corrected chi connectivity index (χ0v) is 9.43. The van der Waals surface area contributed by atoms with Crippen LogP contribution in [0, 0.1) is 0 Å². The van der Waals surface area contributed by atoms with E-state index >= 15 is 0 Å². The molecular formula is C10H15N3OS. The molecule has 1 rings (SSSR count). The van der Waals surface area contributed by atoms with E-state index in [1.807, 2.05) is 24.5 Å². The number of carbonyl (C=O) groups excluding carboxylic acids is 1. The number of hydrogen-bond donors (Lipinski definition) is 3. The van der Waals surface area contributed by atoms with Crippen molar-refractivity contribution in [1.29, 1.82) is 0 Å². The lowest BCUT2D eigenvalue weighted by molar-refractivity contribution is -0.109. The lowest BCUT2D eigenvalue weighted by atomic mass is 10.2. The third-order valence-corrected chi connectivity index (χ3v) is 2.65. The summed E-state index contributed by atoms with van der Waals surface area (Å²) in [5.41, 5.74) is 7.43. The van der Waals surface area contributed by atoms with Gasteiger partial charge in [0, 0.05) is 18.0 Å². The number of thioether (sulfide) groups is 1. The van der Waals surface area contributed by atoms with E-state index in [9.17, 15) is 4.79 Å². The number of amides is 1. The average molecular weight is 225 g/mol. The van der Waals surface area contributed by atoms with Crippen LogP contribution >= 0.6 is 11.8 Å². The maximum absolute atomic E-state index is 10.0. The Bertz CT molecular complexity index is 330. The third kappa shape index (κ3) is 3.71. The molecule has 0 fully saturated rings. The minimum Gasteiger partial charge on any atom is -0.397 e. The Morgan fingerprint density at radius 2 is 2.27 bits per heavy atom. The van der Waals surface area contributed by atoms with E-state index in [2.05, 4.69) is 10.6 Å². The van der Waals surface area contributed by atoms with Gasteiger partial charge < -0.3 is 16.4 Å². The van der Waals surface area contributed by atoms with E-state index in [0.29, 0.717) is 19.5 Å². The van der Waals surface area contributed by atoms with Crippen molar-refractivity contribution in [2.75, 3.05) is 30.4 Å². The van der Waals surface area contributed by atoms with Gasteiger partial charge in [0.05, 0.1) is 11.4 Å². The van der Waals surface area contributed by atoms with Gasteiger partial charge >= 0.3 is 0 Å². The SMILES string of the molecule is CSc1ccc(N)c(NCCNC=O)c1. The molecule has 0 bridgehead atoms. The Morgan fingerprint density at radius 3 is 2.93 bits per heavy atom. The molecule has 0 unspecified atom stereocenters. The average Bonchev–Trinajstić information content (AvgIpc) is 2.26. The van der Waals surface area contributed by atoms with Gasteiger partial charge in [-0.05, 0) is 24.5 Å². The smallest absolute Gasteiger partial charge is 0.207 e. The van der Waals surface area contributed by atoms with Crippen molar-refractivity contribution < 1.29 is 4.79 Å². The van der Waals surface area contributed by atoms with Gasteiger partial charge in [-0.25, -0.2) is 0 Å². The van der Waals surface area contributed by atoms with E-state index in [-0.39, 0.29) is 0 Å². The molecule has 0 aromatic heterocycles. The zero-order chi connectivity index (χ0) is 11.1. The summed E-state index contributed by atoms with van der Waals surface area (Å²) in [6, 6.07) is 5.86. The molecule has 1 aromatic rings. The van der Waals surface area contributed by atoms with Crippen LogP contribution in [0.15, 0.2) is 23.1 Å². The van der Waals surface area contributed by atoms with Gasteiger partial charge in [-0.2, -0.15) is 0 Å². The van der Waals surface area contributed by atoms with Crippen molar-refractivity contribution in [2.24, 2.45) is 0 Å². The molecule has 1 aromatic carbocycles. The van der Waals surface area contributed by atoms with Crippen molar-refractivity contribution in [1.82, 2.24) is 5.32 Å². The first kappa shape index (κ1) is 11.7. The number of benzene rings is 1. The van der Waals surface area contributed by atoms with Crippen molar-refractivity contribution in [3.05, 3.63) is 18.2 Å². The first-order valence-electron chi connectivity index (χ1n) is 4.62. The van der Waals surface area contributed by atoms with Crippen LogP contribution in [0.4, 0.5) is 11.4 Å². The van der Waals surface area contributed by atoms with E-state index in [0.717, 1.165) is 16.3 Å². The van der Waals surface area contributed by atoms with Gasteiger partial charge in [0.2, 0.25) is 6.41 Å². The quantitative estimate of drug-likeness (QED) is 0.294. The summed E-state index contributed by atoms with van der Waals surface area (Å²) in [4.78, 5) is 11.2. The van der Waals surface area contributed by atoms with Crippen LogP contribution < -0.4 is 16.4 Å². The Kier molecular flexibility index (Phi) is 4.83. The van der Waals surface area contributed by atoms with Crippen molar-refractivity contribution in [3.8, 4) is 0 Å². The standard InChI is InChI=1S/C10H15N3OS/c1-15-8-2-3-9(11)10(6-8)13-5-4-12-7-14/h2-3,6-7,13H,4-5,11H2,1H3,(H,12,14). The maximum Gasteiger partial charge on any atom is 0.207 e. The second-order valence-corrected chi connectivity index (χ2v) is 3.83. The molecule has 15 heavy (non-hydrogen) atoms. The number of nitrogens with two attached hydrogens (primary N) is 1. The van der Waals surface area contributed by atoms with Crippen molar-refractivity contribution >= 4 is 29.5 Å². The highest BCUT2D eigenvalue weighted by atomic mass is 32.2. The Balaban J connectivity index is 2.54. The maximum atomic E-state index is 10.0. The highest BCUT2D eigenvalue weighted by molar-refractivity contribution is 7.98. The number of hydrogen-bond acceptors (Lipinski definition) is 4. The fourth-order valence-electron chi connectivity index (χ4n) is 1.14. The van der Waals surface area contributed by atoms with Crippen molar-refractivity contribution in [2.45, 2.75) is 4.90 Å². The van der Waals surface area contributed by atoms with Gasteiger partial charge in [0.1, 0.15) is 0 Å². The summed E-state index contributed by atoms with van der Waals surface area (Å²) >= 11 is 1.67. The highest BCUT2D eigenvalue weighted by Gasteiger charge is 1.99. The molecule has 4 nitrogen and oxygen atoms in total. The fourth-order valence-corrected chi connectivity index (χ4v) is 1.58. The van der Waals surface area contributed by atoms with Gasteiger partial charge in [0.25, 0.3) is 0 Å². The molecule has 0 aliphatic rings. The number of nitrogen functional groups attached to an aromatic ring is 1. The van der Waals surface area contributed by atoms with Crippen LogP contribution in [0.1, 0.15) is 0 Å². The fraction of sp³-hybridized carbons (Fsp3) is 0.300. The molecule has 82 valence electrons. The highest BCUT2D eigenvalue weighted by Crippen LogP contribution is 2.24. The second kappa shape index (κ2) is 6.19. The Morgan fingerprint density at radius 1 is 1.47 bits per heavy atom. The summed E-state index contributed by atoms with van der Waals surface area (Å²) in [5, 5.41) is 5.74. The lowest BCUT2D eigenvalue weighted by Crippen LogP contribution is -2.20. The minimum atomic E-state index is 0.590.